The number of nitrogens with zero attached hydrogens (tertiary/aromatic N) is 2. The molecule has 0 spiro atoms. The van der Waals surface area contributed by atoms with Gasteiger partial charge in [-0.25, -0.2) is 9.78 Å². The van der Waals surface area contributed by atoms with E-state index < -0.39 is 18.3 Å². The Morgan fingerprint density at radius 2 is 1.75 bits per heavy atom. The van der Waals surface area contributed by atoms with E-state index in [1.165, 1.54) is 6.20 Å². The van der Waals surface area contributed by atoms with Gasteiger partial charge >= 0.3 is 6.09 Å². The molecule has 2 aromatic carbocycles. The van der Waals surface area contributed by atoms with Crippen LogP contribution in [0, 0.1) is 0 Å². The lowest BCUT2D eigenvalue weighted by molar-refractivity contribution is 0.0115. The molecule has 0 aliphatic heterocycles. The SMILES string of the molecule is Nc1nc(Cl)cnc1C(O)C(O)CCNC(=O)OCC1c2ccccc2-c2ccccc21. The highest BCUT2D eigenvalue weighted by Crippen LogP contribution is 2.44. The van der Waals surface area contributed by atoms with Crippen molar-refractivity contribution in [3.05, 3.63) is 76.7 Å². The molecule has 3 aromatic rings. The van der Waals surface area contributed by atoms with E-state index in [0.29, 0.717) is 0 Å². The zero-order valence-corrected chi connectivity index (χ0v) is 17.9. The summed E-state index contributed by atoms with van der Waals surface area (Å²) in [6.45, 7) is 0.289. The van der Waals surface area contributed by atoms with Crippen LogP contribution in [0.1, 0.15) is 35.3 Å². The molecule has 1 heterocycles. The third-order valence-electron chi connectivity index (χ3n) is 5.50. The largest absolute Gasteiger partial charge is 0.449 e. The van der Waals surface area contributed by atoms with Crippen LogP contribution < -0.4 is 11.1 Å². The molecule has 4 rings (SSSR count). The van der Waals surface area contributed by atoms with Crippen LogP contribution in [0.3, 0.4) is 0 Å². The van der Waals surface area contributed by atoms with E-state index in [4.69, 9.17) is 22.1 Å². The summed E-state index contributed by atoms with van der Waals surface area (Å²) in [6.07, 6.45) is -1.86. The number of hydrogen-bond donors (Lipinski definition) is 4. The molecule has 0 saturated carbocycles. The number of rotatable bonds is 7. The fourth-order valence-corrected chi connectivity index (χ4v) is 4.07. The third-order valence-corrected chi connectivity index (χ3v) is 5.68. The molecular formula is C23H23ClN4O4. The van der Waals surface area contributed by atoms with Crippen molar-refractivity contribution >= 4 is 23.5 Å². The normalized spacial score (nSPS) is 14.3. The molecule has 1 aromatic heterocycles. The van der Waals surface area contributed by atoms with Gasteiger partial charge in [-0.3, -0.25) is 4.98 Å². The molecular weight excluding hydrogens is 432 g/mol. The van der Waals surface area contributed by atoms with Crippen molar-refractivity contribution in [3.63, 3.8) is 0 Å². The van der Waals surface area contributed by atoms with Gasteiger partial charge in [-0.15, -0.1) is 0 Å². The average Bonchev–Trinajstić information content (AvgIpc) is 3.11. The van der Waals surface area contributed by atoms with Gasteiger partial charge in [0.2, 0.25) is 0 Å². The summed E-state index contributed by atoms with van der Waals surface area (Å²) < 4.78 is 5.45. The van der Waals surface area contributed by atoms with Gasteiger partial charge in [-0.1, -0.05) is 60.1 Å². The number of amides is 1. The maximum absolute atomic E-state index is 12.2. The zero-order chi connectivity index (χ0) is 22.7. The second-order valence-electron chi connectivity index (χ2n) is 7.52. The summed E-state index contributed by atoms with van der Waals surface area (Å²) in [7, 11) is 0. The lowest BCUT2D eigenvalue weighted by atomic mass is 9.98. The highest BCUT2D eigenvalue weighted by atomic mass is 35.5. The fourth-order valence-electron chi connectivity index (χ4n) is 3.93. The average molecular weight is 455 g/mol. The van der Waals surface area contributed by atoms with E-state index in [1.54, 1.807) is 0 Å². The van der Waals surface area contributed by atoms with Crippen molar-refractivity contribution in [2.24, 2.45) is 0 Å². The van der Waals surface area contributed by atoms with Gasteiger partial charge in [0.25, 0.3) is 0 Å². The van der Waals surface area contributed by atoms with E-state index >= 15 is 0 Å². The number of benzene rings is 2. The first kappa shape index (κ1) is 22.0. The summed E-state index contributed by atoms with van der Waals surface area (Å²) in [5, 5.41) is 23.1. The number of halogens is 1. The molecule has 166 valence electrons. The van der Waals surface area contributed by atoms with E-state index in [0.717, 1.165) is 22.3 Å². The van der Waals surface area contributed by atoms with Gasteiger partial charge in [0.05, 0.1) is 12.3 Å². The van der Waals surface area contributed by atoms with E-state index in [2.05, 4.69) is 27.4 Å². The van der Waals surface area contributed by atoms with Crippen molar-refractivity contribution < 1.29 is 19.7 Å². The second-order valence-corrected chi connectivity index (χ2v) is 7.90. The predicted molar refractivity (Wildman–Crippen MR) is 120 cm³/mol. The van der Waals surface area contributed by atoms with Crippen LogP contribution in [-0.2, 0) is 4.74 Å². The molecule has 32 heavy (non-hydrogen) atoms. The van der Waals surface area contributed by atoms with Crippen molar-refractivity contribution in [1.82, 2.24) is 15.3 Å². The molecule has 2 unspecified atom stereocenters. The minimum absolute atomic E-state index is 0.0306. The summed E-state index contributed by atoms with van der Waals surface area (Å²) in [5.41, 5.74) is 10.3. The standard InChI is InChI=1S/C23H23ClN4O4/c24-19-11-27-20(22(25)28-19)21(30)18(29)9-10-26-23(31)32-12-17-15-7-3-1-5-13(15)14-6-2-4-8-16(14)17/h1-8,11,17-18,21,29-30H,9-10,12H2,(H2,25,28)(H,26,31). The number of carbonyl (C=O) groups excluding carboxylic acids is 1. The Morgan fingerprint density at radius 1 is 1.12 bits per heavy atom. The fraction of sp³-hybridized carbons (Fsp3) is 0.261. The van der Waals surface area contributed by atoms with Crippen LogP contribution >= 0.6 is 11.6 Å². The third kappa shape index (κ3) is 4.52. The van der Waals surface area contributed by atoms with Gasteiger partial charge in [0, 0.05) is 12.5 Å². The van der Waals surface area contributed by atoms with Crippen molar-refractivity contribution in [2.45, 2.75) is 24.5 Å². The van der Waals surface area contributed by atoms with Gasteiger partial charge in [-0.2, -0.15) is 0 Å². The van der Waals surface area contributed by atoms with E-state index in [1.807, 2.05) is 36.4 Å². The topological polar surface area (TPSA) is 131 Å². The number of carbonyl (C=O) groups is 1. The zero-order valence-electron chi connectivity index (χ0n) is 17.1. The summed E-state index contributed by atoms with van der Waals surface area (Å²) in [6, 6.07) is 16.2. The molecule has 0 saturated heterocycles. The number of nitrogen functional groups attached to an aromatic ring is 1. The maximum atomic E-state index is 12.2. The number of ether oxygens (including phenoxy) is 1. The van der Waals surface area contributed by atoms with E-state index in [-0.39, 0.29) is 42.2 Å². The molecule has 1 aliphatic rings. The van der Waals surface area contributed by atoms with Gasteiger partial charge in [-0.05, 0) is 28.7 Å². The Balaban J connectivity index is 1.29. The molecule has 0 bridgehead atoms. The smallest absolute Gasteiger partial charge is 0.407 e. The number of aliphatic hydroxyl groups is 2. The molecule has 5 N–H and O–H groups in total. The van der Waals surface area contributed by atoms with Crippen LogP contribution in [0.4, 0.5) is 10.6 Å². The predicted octanol–water partition coefficient (Wildman–Crippen LogP) is 3.04. The van der Waals surface area contributed by atoms with Gasteiger partial charge in [0.15, 0.2) is 0 Å². The van der Waals surface area contributed by atoms with Crippen molar-refractivity contribution in [1.29, 1.82) is 0 Å². The maximum Gasteiger partial charge on any atom is 0.407 e. The van der Waals surface area contributed by atoms with Crippen LogP contribution in [0.25, 0.3) is 11.1 Å². The minimum Gasteiger partial charge on any atom is -0.449 e. The first-order valence-electron chi connectivity index (χ1n) is 10.2. The van der Waals surface area contributed by atoms with Crippen molar-refractivity contribution in [2.75, 3.05) is 18.9 Å². The second kappa shape index (κ2) is 9.52. The van der Waals surface area contributed by atoms with Crippen LogP contribution in [-0.4, -0.2) is 45.5 Å². The first-order chi connectivity index (χ1) is 15.5. The monoisotopic (exact) mass is 454 g/mol. The Hall–Kier alpha value is -3.20. The van der Waals surface area contributed by atoms with Crippen LogP contribution in [0.5, 0.6) is 0 Å². The molecule has 9 heteroatoms. The number of nitrogens with one attached hydrogen (secondary N) is 1. The van der Waals surface area contributed by atoms with E-state index in [9.17, 15) is 15.0 Å². The molecule has 0 radical (unpaired) electrons. The van der Waals surface area contributed by atoms with Crippen LogP contribution in [0.2, 0.25) is 5.15 Å². The lowest BCUT2D eigenvalue weighted by Gasteiger charge is -2.19. The van der Waals surface area contributed by atoms with Gasteiger partial charge in [0.1, 0.15) is 29.4 Å². The Morgan fingerprint density at radius 3 is 2.38 bits per heavy atom. The van der Waals surface area contributed by atoms with Gasteiger partial charge < -0.3 is 26.0 Å². The summed E-state index contributed by atoms with van der Waals surface area (Å²) in [5.74, 6) is -0.0967. The molecule has 0 fully saturated rings. The quantitative estimate of drug-likeness (QED) is 0.431. The number of alkyl carbamates (subject to hydrolysis) is 1. The molecule has 1 amide bonds. The molecule has 2 atom stereocenters. The first-order valence-corrected chi connectivity index (χ1v) is 10.6. The number of aromatic nitrogens is 2. The highest BCUT2D eigenvalue weighted by Gasteiger charge is 2.29. The highest BCUT2D eigenvalue weighted by molar-refractivity contribution is 6.29. The molecule has 1 aliphatic carbocycles. The van der Waals surface area contributed by atoms with Crippen molar-refractivity contribution in [3.8, 4) is 11.1 Å². The number of aliphatic hydroxyl groups excluding tert-OH is 2. The Kier molecular flexibility index (Phi) is 6.55. The Labute approximate surface area is 190 Å². The summed E-state index contributed by atoms with van der Waals surface area (Å²) in [4.78, 5) is 19.9. The minimum atomic E-state index is -1.36. The Bertz CT molecular complexity index is 1080. The van der Waals surface area contributed by atoms with Crippen LogP contribution in [0.15, 0.2) is 54.7 Å². The number of nitrogens with two attached hydrogens (primary N) is 1. The molecule has 8 nitrogen and oxygen atoms in total. The number of hydrogen-bond acceptors (Lipinski definition) is 7. The number of fused-ring (bicyclic) bond motifs is 3. The number of anilines is 1. The summed E-state index contributed by atoms with van der Waals surface area (Å²) >= 11 is 5.69. The lowest BCUT2D eigenvalue weighted by Crippen LogP contribution is -2.31.